The number of anilines is 1. The molecule has 0 aliphatic rings. The van der Waals surface area contributed by atoms with Gasteiger partial charge in [-0.15, -0.1) is 0 Å². The average molecular weight is 228 g/mol. The van der Waals surface area contributed by atoms with Gasteiger partial charge in [0.1, 0.15) is 6.04 Å². The second-order valence-corrected chi connectivity index (χ2v) is 2.95. The Labute approximate surface area is 91.1 Å². The molecule has 1 aromatic rings. The van der Waals surface area contributed by atoms with Crippen LogP contribution in [-0.2, 0) is 9.53 Å². The lowest BCUT2D eigenvalue weighted by atomic mass is 10.3. The molecule has 0 saturated heterocycles. The number of esters is 1. The van der Waals surface area contributed by atoms with Crippen molar-refractivity contribution >= 4 is 17.7 Å². The van der Waals surface area contributed by atoms with Crippen molar-refractivity contribution in [1.82, 2.24) is 15.6 Å². The molecule has 8 heteroatoms. The maximum atomic E-state index is 11.5. The fourth-order valence-electron chi connectivity index (χ4n) is 0.944. The quantitative estimate of drug-likeness (QED) is 0.655. The van der Waals surface area contributed by atoms with Crippen molar-refractivity contribution in [2.45, 2.75) is 19.9 Å². The predicted octanol–water partition coefficient (Wildman–Crippen LogP) is -0.667. The minimum Gasteiger partial charge on any atom is -0.464 e. The van der Waals surface area contributed by atoms with Gasteiger partial charge in [0.2, 0.25) is 11.5 Å². The molecule has 3 N–H and O–H groups in total. The summed E-state index contributed by atoms with van der Waals surface area (Å²) in [5, 5.41) is 8.89. The minimum atomic E-state index is -0.788. The third kappa shape index (κ3) is 2.69. The van der Waals surface area contributed by atoms with E-state index in [0.717, 1.165) is 0 Å². The molecule has 88 valence electrons. The van der Waals surface area contributed by atoms with E-state index in [1.165, 1.54) is 6.92 Å². The second-order valence-electron chi connectivity index (χ2n) is 2.95. The standard InChI is InChI=1S/C8H12N4O4/c1-3-15-8(14)4(2)10-7(13)5-6(9)12-16-11-5/h4H,3H2,1-2H3,(H2,9,12)(H,10,13). The first-order valence-corrected chi connectivity index (χ1v) is 4.61. The molecular weight excluding hydrogens is 216 g/mol. The molecule has 1 unspecified atom stereocenters. The number of rotatable bonds is 4. The summed E-state index contributed by atoms with van der Waals surface area (Å²) in [4.78, 5) is 22.7. The van der Waals surface area contributed by atoms with E-state index in [1.807, 2.05) is 0 Å². The zero-order chi connectivity index (χ0) is 12.1. The van der Waals surface area contributed by atoms with Gasteiger partial charge in [-0.2, -0.15) is 0 Å². The summed E-state index contributed by atoms with van der Waals surface area (Å²) in [5.74, 6) is -1.31. The average Bonchev–Trinajstić information content (AvgIpc) is 2.64. The Bertz CT molecular complexity index is 389. The van der Waals surface area contributed by atoms with Crippen molar-refractivity contribution in [3.05, 3.63) is 5.69 Å². The normalized spacial score (nSPS) is 11.9. The number of hydrogen-bond donors (Lipinski definition) is 2. The van der Waals surface area contributed by atoms with Gasteiger partial charge in [0, 0.05) is 0 Å². The van der Waals surface area contributed by atoms with Crippen LogP contribution in [0.4, 0.5) is 5.82 Å². The van der Waals surface area contributed by atoms with E-state index in [2.05, 4.69) is 20.3 Å². The smallest absolute Gasteiger partial charge is 0.328 e. The molecule has 8 nitrogen and oxygen atoms in total. The van der Waals surface area contributed by atoms with Crippen LogP contribution in [0, 0.1) is 0 Å². The number of carbonyl (C=O) groups is 2. The van der Waals surface area contributed by atoms with Crippen molar-refractivity contribution in [3.63, 3.8) is 0 Å². The van der Waals surface area contributed by atoms with Gasteiger partial charge >= 0.3 is 5.97 Å². The molecule has 0 spiro atoms. The Morgan fingerprint density at radius 1 is 1.56 bits per heavy atom. The largest absolute Gasteiger partial charge is 0.464 e. The number of carbonyl (C=O) groups excluding carboxylic acids is 2. The Kier molecular flexibility index (Phi) is 3.81. The molecule has 0 radical (unpaired) electrons. The van der Waals surface area contributed by atoms with Gasteiger partial charge in [-0.3, -0.25) is 4.79 Å². The first kappa shape index (κ1) is 12.0. The van der Waals surface area contributed by atoms with Gasteiger partial charge in [-0.05, 0) is 24.2 Å². The number of aromatic nitrogens is 2. The molecule has 16 heavy (non-hydrogen) atoms. The van der Waals surface area contributed by atoms with Crippen LogP contribution in [0.3, 0.4) is 0 Å². The first-order valence-electron chi connectivity index (χ1n) is 4.61. The second kappa shape index (κ2) is 5.10. The molecular formula is C8H12N4O4. The van der Waals surface area contributed by atoms with E-state index >= 15 is 0 Å². The maximum absolute atomic E-state index is 11.5. The van der Waals surface area contributed by atoms with E-state index in [9.17, 15) is 9.59 Å². The summed E-state index contributed by atoms with van der Waals surface area (Å²) in [6, 6.07) is -0.788. The minimum absolute atomic E-state index is 0.131. The van der Waals surface area contributed by atoms with Crippen molar-refractivity contribution in [2.24, 2.45) is 0 Å². The Balaban J connectivity index is 2.58. The monoisotopic (exact) mass is 228 g/mol. The lowest BCUT2D eigenvalue weighted by Gasteiger charge is -2.10. The molecule has 1 rings (SSSR count). The van der Waals surface area contributed by atoms with E-state index in [4.69, 9.17) is 10.5 Å². The Hall–Kier alpha value is -2.12. The number of hydrogen-bond acceptors (Lipinski definition) is 7. The third-order valence-electron chi connectivity index (χ3n) is 1.72. The summed E-state index contributed by atoms with van der Waals surface area (Å²) in [6.07, 6.45) is 0. The number of nitrogens with one attached hydrogen (secondary N) is 1. The molecule has 0 fully saturated rings. The van der Waals surface area contributed by atoms with Gasteiger partial charge in [0.15, 0.2) is 0 Å². The van der Waals surface area contributed by atoms with Crippen molar-refractivity contribution in [3.8, 4) is 0 Å². The zero-order valence-corrected chi connectivity index (χ0v) is 8.89. The van der Waals surface area contributed by atoms with E-state index in [1.54, 1.807) is 6.92 Å². The van der Waals surface area contributed by atoms with Crippen LogP contribution < -0.4 is 11.1 Å². The highest BCUT2D eigenvalue weighted by Crippen LogP contribution is 2.03. The molecule has 0 aliphatic carbocycles. The van der Waals surface area contributed by atoms with Gasteiger partial charge in [0.05, 0.1) is 6.61 Å². The van der Waals surface area contributed by atoms with Crippen LogP contribution in [0.25, 0.3) is 0 Å². The highest BCUT2D eigenvalue weighted by Gasteiger charge is 2.21. The van der Waals surface area contributed by atoms with Crippen molar-refractivity contribution in [1.29, 1.82) is 0 Å². The molecule has 1 heterocycles. The Morgan fingerprint density at radius 2 is 2.25 bits per heavy atom. The number of nitrogens with zero attached hydrogens (tertiary/aromatic N) is 2. The van der Waals surface area contributed by atoms with E-state index in [-0.39, 0.29) is 18.1 Å². The molecule has 0 saturated carbocycles. The van der Waals surface area contributed by atoms with Crippen molar-refractivity contribution < 1.29 is 19.0 Å². The van der Waals surface area contributed by atoms with Crippen LogP contribution in [0.1, 0.15) is 24.3 Å². The summed E-state index contributed by atoms with van der Waals surface area (Å²) < 4.78 is 8.96. The fourth-order valence-corrected chi connectivity index (χ4v) is 0.944. The van der Waals surface area contributed by atoms with Gasteiger partial charge in [-0.25, -0.2) is 9.42 Å². The zero-order valence-electron chi connectivity index (χ0n) is 8.89. The first-order chi connectivity index (χ1) is 7.56. The van der Waals surface area contributed by atoms with Crippen LogP contribution in [0.15, 0.2) is 4.63 Å². The topological polar surface area (TPSA) is 120 Å². The highest BCUT2D eigenvalue weighted by atomic mass is 16.6. The lowest BCUT2D eigenvalue weighted by molar-refractivity contribution is -0.144. The summed E-state index contributed by atoms with van der Waals surface area (Å²) in [6.45, 7) is 3.40. The molecule has 0 aromatic carbocycles. The molecule has 1 atom stereocenters. The highest BCUT2D eigenvalue weighted by molar-refractivity contribution is 5.98. The van der Waals surface area contributed by atoms with Crippen LogP contribution in [0.2, 0.25) is 0 Å². The van der Waals surface area contributed by atoms with Gasteiger partial charge in [-0.1, -0.05) is 0 Å². The Morgan fingerprint density at radius 3 is 2.75 bits per heavy atom. The number of amides is 1. The lowest BCUT2D eigenvalue weighted by Crippen LogP contribution is -2.39. The van der Waals surface area contributed by atoms with Crippen molar-refractivity contribution in [2.75, 3.05) is 12.3 Å². The van der Waals surface area contributed by atoms with Crippen LogP contribution >= 0.6 is 0 Å². The van der Waals surface area contributed by atoms with Gasteiger partial charge in [0.25, 0.3) is 5.91 Å². The number of nitrogen functional groups attached to an aromatic ring is 1. The summed E-state index contributed by atoms with van der Waals surface area (Å²) >= 11 is 0. The van der Waals surface area contributed by atoms with E-state index < -0.39 is 17.9 Å². The number of ether oxygens (including phenoxy) is 1. The van der Waals surface area contributed by atoms with Gasteiger partial charge < -0.3 is 15.8 Å². The molecule has 1 amide bonds. The molecule has 1 aromatic heterocycles. The summed E-state index contributed by atoms with van der Waals surface area (Å²) in [7, 11) is 0. The number of nitrogens with two attached hydrogens (primary N) is 1. The maximum Gasteiger partial charge on any atom is 0.328 e. The fraction of sp³-hybridized carbons (Fsp3) is 0.500. The predicted molar refractivity (Wildman–Crippen MR) is 52.3 cm³/mol. The molecule has 0 aliphatic heterocycles. The van der Waals surface area contributed by atoms with Crippen LogP contribution in [-0.4, -0.2) is 34.8 Å². The SMILES string of the molecule is CCOC(=O)C(C)NC(=O)c1nonc1N. The van der Waals surface area contributed by atoms with Crippen LogP contribution in [0.5, 0.6) is 0 Å². The summed E-state index contributed by atoms with van der Waals surface area (Å²) in [5.41, 5.74) is 5.15. The third-order valence-corrected chi connectivity index (χ3v) is 1.72. The molecule has 0 bridgehead atoms. The van der Waals surface area contributed by atoms with E-state index in [0.29, 0.717) is 0 Å².